The van der Waals surface area contributed by atoms with Crippen LogP contribution >= 0.6 is 11.6 Å². The zero-order valence-corrected chi connectivity index (χ0v) is 15.9. The smallest absolute Gasteiger partial charge is 0.242 e. The average molecular weight is 395 g/mol. The summed E-state index contributed by atoms with van der Waals surface area (Å²) in [6.07, 6.45) is -0.330. The molecule has 2 amide bonds. The third-order valence-electron chi connectivity index (χ3n) is 4.21. The van der Waals surface area contributed by atoms with Crippen LogP contribution in [0.3, 0.4) is 0 Å². The summed E-state index contributed by atoms with van der Waals surface area (Å²) in [6, 6.07) is 9.29. The van der Waals surface area contributed by atoms with Crippen molar-refractivity contribution in [2.24, 2.45) is 0 Å². The molecule has 0 fully saturated rings. The van der Waals surface area contributed by atoms with Gasteiger partial charge in [0.05, 0.1) is 6.42 Å². The maximum atomic E-state index is 14.1. The van der Waals surface area contributed by atoms with Crippen LogP contribution in [0.2, 0.25) is 5.02 Å². The molecule has 27 heavy (non-hydrogen) atoms. The predicted octanol–water partition coefficient (Wildman–Crippen LogP) is 3.71. The molecule has 1 N–H and O–H groups in total. The second kappa shape index (κ2) is 9.46. The van der Waals surface area contributed by atoms with E-state index < -0.39 is 23.6 Å². The van der Waals surface area contributed by atoms with E-state index in [1.807, 2.05) is 0 Å². The summed E-state index contributed by atoms with van der Waals surface area (Å²) in [6.45, 7) is 3.58. The Balaban J connectivity index is 2.31. The van der Waals surface area contributed by atoms with Gasteiger partial charge in [0.25, 0.3) is 0 Å². The molecule has 144 valence electrons. The zero-order chi connectivity index (χ0) is 20.0. The third-order valence-corrected chi connectivity index (χ3v) is 4.56. The molecular weight excluding hydrogens is 374 g/mol. The van der Waals surface area contributed by atoms with Crippen LogP contribution in [-0.2, 0) is 22.6 Å². The number of amides is 2. The maximum Gasteiger partial charge on any atom is 0.242 e. The number of hydrogen-bond acceptors (Lipinski definition) is 2. The number of rotatable bonds is 7. The maximum absolute atomic E-state index is 14.1. The molecular formula is C20H21ClF2N2O2. The molecule has 0 spiro atoms. The Morgan fingerprint density at radius 2 is 1.78 bits per heavy atom. The lowest BCUT2D eigenvalue weighted by Crippen LogP contribution is -2.48. The highest BCUT2D eigenvalue weighted by atomic mass is 35.5. The van der Waals surface area contributed by atoms with Gasteiger partial charge in [0.15, 0.2) is 0 Å². The van der Waals surface area contributed by atoms with E-state index in [2.05, 4.69) is 5.32 Å². The monoisotopic (exact) mass is 394 g/mol. The molecule has 2 rings (SSSR count). The lowest BCUT2D eigenvalue weighted by atomic mass is 10.1. The number of likely N-dealkylation sites (N-methyl/N-ethyl adjacent to an activating group) is 1. The van der Waals surface area contributed by atoms with Crippen molar-refractivity contribution in [2.75, 3.05) is 6.54 Å². The van der Waals surface area contributed by atoms with E-state index in [9.17, 15) is 18.4 Å². The van der Waals surface area contributed by atoms with Crippen molar-refractivity contribution in [1.29, 1.82) is 0 Å². The van der Waals surface area contributed by atoms with Crippen molar-refractivity contribution in [3.63, 3.8) is 0 Å². The van der Waals surface area contributed by atoms with E-state index in [1.165, 1.54) is 41.3 Å². The van der Waals surface area contributed by atoms with Gasteiger partial charge in [-0.3, -0.25) is 9.59 Å². The first-order valence-electron chi connectivity index (χ1n) is 8.58. The van der Waals surface area contributed by atoms with Gasteiger partial charge < -0.3 is 10.2 Å². The molecule has 0 aliphatic rings. The summed E-state index contributed by atoms with van der Waals surface area (Å²) in [7, 11) is 0. The molecule has 4 nitrogen and oxygen atoms in total. The number of nitrogens with zero attached hydrogens (tertiary/aromatic N) is 1. The van der Waals surface area contributed by atoms with E-state index in [1.54, 1.807) is 19.9 Å². The highest BCUT2D eigenvalue weighted by Gasteiger charge is 2.27. The van der Waals surface area contributed by atoms with Gasteiger partial charge in [-0.25, -0.2) is 8.78 Å². The van der Waals surface area contributed by atoms with Gasteiger partial charge in [-0.15, -0.1) is 0 Å². The fourth-order valence-electron chi connectivity index (χ4n) is 2.67. The third kappa shape index (κ3) is 5.26. The van der Waals surface area contributed by atoms with E-state index in [0.717, 1.165) is 0 Å². The van der Waals surface area contributed by atoms with Crippen molar-refractivity contribution in [2.45, 2.75) is 32.9 Å². The van der Waals surface area contributed by atoms with Gasteiger partial charge in [0.2, 0.25) is 11.8 Å². The van der Waals surface area contributed by atoms with Crippen LogP contribution in [0.15, 0.2) is 42.5 Å². The SMILES string of the molecule is CCNC(=O)[C@@H](C)N(Cc1ccccc1F)C(=O)Cc1c(F)cccc1Cl. The van der Waals surface area contributed by atoms with Gasteiger partial charge in [-0.2, -0.15) is 0 Å². The van der Waals surface area contributed by atoms with Crippen molar-refractivity contribution in [1.82, 2.24) is 10.2 Å². The summed E-state index contributed by atoms with van der Waals surface area (Å²) in [5, 5.41) is 2.77. The highest BCUT2D eigenvalue weighted by Crippen LogP contribution is 2.21. The minimum absolute atomic E-state index is 0.0470. The molecule has 0 saturated heterocycles. The normalized spacial score (nSPS) is 11.7. The minimum atomic E-state index is -0.859. The summed E-state index contributed by atoms with van der Waals surface area (Å²) in [5.74, 6) is -1.99. The molecule has 2 aromatic carbocycles. The van der Waals surface area contributed by atoms with Crippen LogP contribution in [0, 0.1) is 11.6 Å². The van der Waals surface area contributed by atoms with Crippen molar-refractivity contribution >= 4 is 23.4 Å². The van der Waals surface area contributed by atoms with Crippen LogP contribution in [0.4, 0.5) is 8.78 Å². The van der Waals surface area contributed by atoms with Crippen LogP contribution in [0.5, 0.6) is 0 Å². The molecule has 0 radical (unpaired) electrons. The average Bonchev–Trinajstić information content (AvgIpc) is 2.63. The van der Waals surface area contributed by atoms with Gasteiger partial charge in [-0.1, -0.05) is 35.9 Å². The van der Waals surface area contributed by atoms with E-state index in [4.69, 9.17) is 11.6 Å². The van der Waals surface area contributed by atoms with Gasteiger partial charge in [0, 0.05) is 29.2 Å². The van der Waals surface area contributed by atoms with Crippen LogP contribution in [0.25, 0.3) is 0 Å². The molecule has 0 unspecified atom stereocenters. The fraction of sp³-hybridized carbons (Fsp3) is 0.300. The second-order valence-corrected chi connectivity index (χ2v) is 6.47. The van der Waals surface area contributed by atoms with Crippen molar-refractivity contribution in [3.05, 3.63) is 70.2 Å². The largest absolute Gasteiger partial charge is 0.355 e. The molecule has 0 heterocycles. The molecule has 1 atom stereocenters. The number of carbonyl (C=O) groups is 2. The van der Waals surface area contributed by atoms with Crippen LogP contribution in [-0.4, -0.2) is 29.3 Å². The Kier molecular flexibility index (Phi) is 7.30. The van der Waals surface area contributed by atoms with Crippen molar-refractivity contribution in [3.8, 4) is 0 Å². The Bertz CT molecular complexity index is 809. The first kappa shape index (κ1) is 20.8. The number of carbonyl (C=O) groups excluding carboxylic acids is 2. The molecule has 0 aromatic heterocycles. The highest BCUT2D eigenvalue weighted by molar-refractivity contribution is 6.31. The Morgan fingerprint density at radius 3 is 2.41 bits per heavy atom. The van der Waals surface area contributed by atoms with E-state index in [0.29, 0.717) is 6.54 Å². The van der Waals surface area contributed by atoms with Gasteiger partial charge in [-0.05, 0) is 32.0 Å². The van der Waals surface area contributed by atoms with Crippen LogP contribution in [0.1, 0.15) is 25.0 Å². The Hall–Kier alpha value is -2.47. The Morgan fingerprint density at radius 1 is 1.11 bits per heavy atom. The number of nitrogens with one attached hydrogen (secondary N) is 1. The molecule has 0 aliphatic heterocycles. The first-order valence-corrected chi connectivity index (χ1v) is 8.96. The number of hydrogen-bond donors (Lipinski definition) is 1. The number of halogens is 3. The molecule has 2 aromatic rings. The molecule has 0 aliphatic carbocycles. The van der Waals surface area contributed by atoms with Gasteiger partial charge >= 0.3 is 0 Å². The molecule has 7 heteroatoms. The minimum Gasteiger partial charge on any atom is -0.355 e. The van der Waals surface area contributed by atoms with Gasteiger partial charge in [0.1, 0.15) is 17.7 Å². The molecule has 0 saturated carbocycles. The standard InChI is InChI=1S/C20H21ClF2N2O2/c1-3-24-20(27)13(2)25(12-14-7-4-5-9-17(14)22)19(26)11-15-16(21)8-6-10-18(15)23/h4-10,13H,3,11-12H2,1-2H3,(H,24,27)/t13-/m1/s1. The van der Waals surface area contributed by atoms with Crippen LogP contribution < -0.4 is 5.32 Å². The van der Waals surface area contributed by atoms with E-state index >= 15 is 0 Å². The summed E-state index contributed by atoms with van der Waals surface area (Å²) in [5.41, 5.74) is 0.312. The lowest BCUT2D eigenvalue weighted by molar-refractivity contribution is -0.140. The fourth-order valence-corrected chi connectivity index (χ4v) is 2.90. The van der Waals surface area contributed by atoms with Crippen molar-refractivity contribution < 1.29 is 18.4 Å². The number of benzene rings is 2. The molecule has 0 bridgehead atoms. The first-order chi connectivity index (χ1) is 12.8. The zero-order valence-electron chi connectivity index (χ0n) is 15.1. The predicted molar refractivity (Wildman–Crippen MR) is 100 cm³/mol. The lowest BCUT2D eigenvalue weighted by Gasteiger charge is -2.29. The second-order valence-electron chi connectivity index (χ2n) is 6.06. The summed E-state index contributed by atoms with van der Waals surface area (Å²) < 4.78 is 28.1. The quantitative estimate of drug-likeness (QED) is 0.778. The van der Waals surface area contributed by atoms with E-state index in [-0.39, 0.29) is 35.0 Å². The summed E-state index contributed by atoms with van der Waals surface area (Å²) in [4.78, 5) is 26.4. The Labute approximate surface area is 162 Å². The summed E-state index contributed by atoms with van der Waals surface area (Å²) >= 11 is 6.01. The topological polar surface area (TPSA) is 49.4 Å².